The number of nitrogens with zero attached hydrogens (tertiary/aromatic N) is 4. The smallest absolute Gasteiger partial charge is 0.238 e. The van der Waals surface area contributed by atoms with Crippen molar-refractivity contribution < 1.29 is 4.79 Å². The van der Waals surface area contributed by atoms with E-state index < -0.39 is 0 Å². The first-order valence-corrected chi connectivity index (χ1v) is 8.57. The Bertz CT molecular complexity index is 690. The van der Waals surface area contributed by atoms with Crippen molar-refractivity contribution in [1.29, 1.82) is 0 Å². The third kappa shape index (κ3) is 4.10. The van der Waals surface area contributed by atoms with Gasteiger partial charge in [-0.2, -0.15) is 0 Å². The Labute approximate surface area is 145 Å². The SMILES string of the molecule is CC1CCCCC1NCC(=O)Nc1cc(-n2cnnn2)ccc1Cl. The van der Waals surface area contributed by atoms with Gasteiger partial charge in [0.15, 0.2) is 0 Å². The van der Waals surface area contributed by atoms with Crippen molar-refractivity contribution in [2.45, 2.75) is 38.6 Å². The number of hydrogen-bond acceptors (Lipinski definition) is 5. The summed E-state index contributed by atoms with van der Waals surface area (Å²) in [6, 6.07) is 5.66. The first-order chi connectivity index (χ1) is 11.6. The number of rotatable bonds is 5. The lowest BCUT2D eigenvalue weighted by Gasteiger charge is -2.29. The molecule has 2 unspecified atom stereocenters. The normalized spacial score (nSPS) is 20.8. The van der Waals surface area contributed by atoms with E-state index in [0.29, 0.717) is 22.7 Å². The molecule has 1 heterocycles. The Balaban J connectivity index is 1.60. The highest BCUT2D eigenvalue weighted by atomic mass is 35.5. The quantitative estimate of drug-likeness (QED) is 0.866. The van der Waals surface area contributed by atoms with Gasteiger partial charge in [0.25, 0.3) is 0 Å². The average Bonchev–Trinajstić information content (AvgIpc) is 3.11. The van der Waals surface area contributed by atoms with Crippen molar-refractivity contribution in [1.82, 2.24) is 25.5 Å². The van der Waals surface area contributed by atoms with E-state index in [1.54, 1.807) is 18.2 Å². The van der Waals surface area contributed by atoms with Gasteiger partial charge in [0.05, 0.1) is 22.9 Å². The number of nitrogens with one attached hydrogen (secondary N) is 2. The Kier molecular flexibility index (Phi) is 5.42. The van der Waals surface area contributed by atoms with Gasteiger partial charge < -0.3 is 10.6 Å². The zero-order valence-electron chi connectivity index (χ0n) is 13.6. The van der Waals surface area contributed by atoms with E-state index in [9.17, 15) is 4.79 Å². The molecule has 1 aliphatic carbocycles. The van der Waals surface area contributed by atoms with Crippen molar-refractivity contribution in [3.8, 4) is 5.69 Å². The predicted molar refractivity (Wildman–Crippen MR) is 92.2 cm³/mol. The second-order valence-electron chi connectivity index (χ2n) is 6.22. The molecular weight excluding hydrogens is 328 g/mol. The fourth-order valence-electron chi connectivity index (χ4n) is 3.07. The van der Waals surface area contributed by atoms with Gasteiger partial charge >= 0.3 is 0 Å². The molecule has 1 saturated carbocycles. The van der Waals surface area contributed by atoms with Crippen molar-refractivity contribution in [2.75, 3.05) is 11.9 Å². The summed E-state index contributed by atoms with van der Waals surface area (Å²) in [7, 11) is 0. The topological polar surface area (TPSA) is 84.7 Å². The molecule has 2 N–H and O–H groups in total. The minimum atomic E-state index is -0.108. The number of hydrogen-bond donors (Lipinski definition) is 2. The van der Waals surface area contributed by atoms with Crippen LogP contribution < -0.4 is 10.6 Å². The van der Waals surface area contributed by atoms with Crippen LogP contribution in [0.3, 0.4) is 0 Å². The molecule has 0 aliphatic heterocycles. The molecular formula is C16H21ClN6O. The summed E-state index contributed by atoms with van der Waals surface area (Å²) in [6.45, 7) is 2.52. The second-order valence-corrected chi connectivity index (χ2v) is 6.62. The van der Waals surface area contributed by atoms with E-state index in [1.807, 2.05) is 0 Å². The number of carbonyl (C=O) groups excluding carboxylic acids is 1. The number of anilines is 1. The molecule has 24 heavy (non-hydrogen) atoms. The molecule has 7 nitrogen and oxygen atoms in total. The lowest BCUT2D eigenvalue weighted by Crippen LogP contribution is -2.41. The van der Waals surface area contributed by atoms with Crippen LogP contribution in [0.25, 0.3) is 5.69 Å². The number of amides is 1. The van der Waals surface area contributed by atoms with E-state index in [4.69, 9.17) is 11.6 Å². The summed E-state index contributed by atoms with van der Waals surface area (Å²) in [4.78, 5) is 12.2. The molecule has 1 fully saturated rings. The fourth-order valence-corrected chi connectivity index (χ4v) is 3.23. The molecule has 128 valence electrons. The summed E-state index contributed by atoms with van der Waals surface area (Å²) >= 11 is 6.18. The predicted octanol–water partition coefficient (Wildman–Crippen LogP) is 2.42. The first kappa shape index (κ1) is 16.9. The van der Waals surface area contributed by atoms with Crippen molar-refractivity contribution >= 4 is 23.2 Å². The number of halogens is 1. The van der Waals surface area contributed by atoms with Gasteiger partial charge in [0, 0.05) is 6.04 Å². The van der Waals surface area contributed by atoms with Gasteiger partial charge in [0.2, 0.25) is 5.91 Å². The maximum atomic E-state index is 12.2. The molecule has 1 aliphatic rings. The van der Waals surface area contributed by atoms with Gasteiger partial charge in [-0.15, -0.1) is 5.10 Å². The van der Waals surface area contributed by atoms with Gasteiger partial charge in [-0.25, -0.2) is 4.68 Å². The maximum Gasteiger partial charge on any atom is 0.238 e. The summed E-state index contributed by atoms with van der Waals surface area (Å²) in [5.41, 5.74) is 1.28. The molecule has 1 aromatic carbocycles. The molecule has 2 aromatic rings. The van der Waals surface area contributed by atoms with Crippen LogP contribution in [0.15, 0.2) is 24.5 Å². The Hall–Kier alpha value is -1.99. The summed E-state index contributed by atoms with van der Waals surface area (Å²) < 4.78 is 1.51. The van der Waals surface area contributed by atoms with E-state index in [0.717, 1.165) is 12.1 Å². The zero-order valence-corrected chi connectivity index (χ0v) is 14.3. The minimum absolute atomic E-state index is 0.108. The molecule has 0 radical (unpaired) electrons. The summed E-state index contributed by atoms with van der Waals surface area (Å²) in [6.07, 6.45) is 6.35. The number of benzene rings is 1. The summed E-state index contributed by atoms with van der Waals surface area (Å²) in [5, 5.41) is 17.7. The molecule has 0 bridgehead atoms. The summed E-state index contributed by atoms with van der Waals surface area (Å²) in [5.74, 6) is 0.502. The van der Waals surface area contributed by atoms with Crippen LogP contribution >= 0.6 is 11.6 Å². The van der Waals surface area contributed by atoms with Crippen LogP contribution in [0.5, 0.6) is 0 Å². The van der Waals surface area contributed by atoms with E-state index >= 15 is 0 Å². The molecule has 0 spiro atoms. The minimum Gasteiger partial charge on any atom is -0.324 e. The first-order valence-electron chi connectivity index (χ1n) is 8.19. The van der Waals surface area contributed by atoms with Crippen LogP contribution in [0.1, 0.15) is 32.6 Å². The van der Waals surface area contributed by atoms with Gasteiger partial charge in [0.1, 0.15) is 6.33 Å². The third-order valence-corrected chi connectivity index (χ3v) is 4.80. The molecule has 8 heteroatoms. The average molecular weight is 349 g/mol. The number of tetrazole rings is 1. The molecule has 2 atom stereocenters. The molecule has 1 amide bonds. The van der Waals surface area contributed by atoms with Crippen molar-refractivity contribution in [3.63, 3.8) is 0 Å². The Morgan fingerprint density at radius 1 is 1.38 bits per heavy atom. The highest BCUT2D eigenvalue weighted by Crippen LogP contribution is 2.25. The van der Waals surface area contributed by atoms with E-state index in [2.05, 4.69) is 33.1 Å². The zero-order chi connectivity index (χ0) is 16.9. The number of carbonyl (C=O) groups is 1. The van der Waals surface area contributed by atoms with Crippen LogP contribution in [0.2, 0.25) is 5.02 Å². The van der Waals surface area contributed by atoms with Crippen LogP contribution in [0.4, 0.5) is 5.69 Å². The largest absolute Gasteiger partial charge is 0.324 e. The van der Waals surface area contributed by atoms with Gasteiger partial charge in [-0.05, 0) is 47.4 Å². The second kappa shape index (κ2) is 7.72. The monoisotopic (exact) mass is 348 g/mol. The molecule has 0 saturated heterocycles. The highest BCUT2D eigenvalue weighted by Gasteiger charge is 2.21. The van der Waals surface area contributed by atoms with Crippen LogP contribution in [0, 0.1) is 5.92 Å². The molecule has 1 aromatic heterocycles. The Morgan fingerprint density at radius 3 is 2.96 bits per heavy atom. The Morgan fingerprint density at radius 2 is 2.21 bits per heavy atom. The standard InChI is InChI=1S/C16H21ClN6O/c1-11-4-2-3-5-14(11)18-9-16(24)20-15-8-12(6-7-13(15)17)23-10-19-21-22-23/h6-8,10-11,14,18H,2-5,9H2,1H3,(H,20,24). The van der Waals surface area contributed by atoms with Gasteiger partial charge in [-0.3, -0.25) is 4.79 Å². The van der Waals surface area contributed by atoms with Gasteiger partial charge in [-0.1, -0.05) is 31.4 Å². The third-order valence-electron chi connectivity index (χ3n) is 4.47. The van der Waals surface area contributed by atoms with Crippen molar-refractivity contribution in [2.24, 2.45) is 5.92 Å². The highest BCUT2D eigenvalue weighted by molar-refractivity contribution is 6.33. The van der Waals surface area contributed by atoms with Crippen LogP contribution in [-0.2, 0) is 4.79 Å². The van der Waals surface area contributed by atoms with Crippen molar-refractivity contribution in [3.05, 3.63) is 29.5 Å². The van der Waals surface area contributed by atoms with E-state index in [-0.39, 0.29) is 12.5 Å². The lowest BCUT2D eigenvalue weighted by molar-refractivity contribution is -0.115. The maximum absolute atomic E-state index is 12.2. The fraction of sp³-hybridized carbons (Fsp3) is 0.500. The van der Waals surface area contributed by atoms with E-state index in [1.165, 1.54) is 30.3 Å². The van der Waals surface area contributed by atoms with Crippen LogP contribution in [-0.4, -0.2) is 38.7 Å². The lowest BCUT2D eigenvalue weighted by atomic mass is 9.86. The molecule has 3 rings (SSSR count). The number of aromatic nitrogens is 4.